The Morgan fingerprint density at radius 1 is 0.968 bits per heavy atom. The Morgan fingerprint density at radius 2 is 1.48 bits per heavy atom. The summed E-state index contributed by atoms with van der Waals surface area (Å²) in [5.41, 5.74) is 2.00. The van der Waals surface area contributed by atoms with Gasteiger partial charge >= 0.3 is 0 Å². The lowest BCUT2D eigenvalue weighted by Gasteiger charge is -2.37. The van der Waals surface area contributed by atoms with Crippen LogP contribution >= 0.6 is 0 Å². The van der Waals surface area contributed by atoms with E-state index in [0.29, 0.717) is 55.8 Å². The van der Waals surface area contributed by atoms with Crippen LogP contribution in [0.3, 0.4) is 0 Å². The first kappa shape index (κ1) is 23.0. The number of aromatic nitrogens is 4. The second kappa shape index (κ2) is 10.1. The van der Waals surface area contributed by atoms with Gasteiger partial charge in [-0.1, -0.05) is 27.7 Å². The van der Waals surface area contributed by atoms with E-state index in [2.05, 4.69) is 58.7 Å². The maximum absolute atomic E-state index is 12.9. The van der Waals surface area contributed by atoms with Gasteiger partial charge in [0.05, 0.1) is 5.54 Å². The summed E-state index contributed by atoms with van der Waals surface area (Å²) in [6.45, 7) is 9.81. The van der Waals surface area contributed by atoms with E-state index < -0.39 is 5.54 Å². The highest BCUT2D eigenvalue weighted by atomic mass is 16.5. The lowest BCUT2D eigenvalue weighted by atomic mass is 9.89. The molecule has 1 saturated heterocycles. The molecule has 2 aromatic heterocycles. The summed E-state index contributed by atoms with van der Waals surface area (Å²) < 4.78 is 5.49. The van der Waals surface area contributed by atoms with Gasteiger partial charge in [-0.05, 0) is 49.7 Å². The highest BCUT2D eigenvalue weighted by molar-refractivity contribution is 5.94. The van der Waals surface area contributed by atoms with Crippen LogP contribution < -0.4 is 10.6 Å². The minimum atomic E-state index is -0.584. The maximum atomic E-state index is 12.9. The van der Waals surface area contributed by atoms with Crippen molar-refractivity contribution in [3.05, 3.63) is 34.9 Å². The van der Waals surface area contributed by atoms with Crippen LogP contribution in [-0.4, -0.2) is 57.5 Å². The first-order valence-electron chi connectivity index (χ1n) is 11.0. The minimum Gasteiger partial charge on any atom is -0.381 e. The van der Waals surface area contributed by atoms with Crippen molar-refractivity contribution in [2.24, 2.45) is 11.8 Å². The first-order valence-corrected chi connectivity index (χ1v) is 11.0. The van der Waals surface area contributed by atoms with Crippen molar-refractivity contribution in [1.82, 2.24) is 31.0 Å². The molecule has 1 aliphatic heterocycles. The van der Waals surface area contributed by atoms with Crippen LogP contribution in [0.4, 0.5) is 0 Å². The van der Waals surface area contributed by atoms with E-state index in [1.165, 1.54) is 0 Å². The Kier molecular flexibility index (Phi) is 7.48. The highest BCUT2D eigenvalue weighted by Gasteiger charge is 2.35. The molecule has 0 aromatic carbocycles. The zero-order valence-electron chi connectivity index (χ0n) is 18.9. The van der Waals surface area contributed by atoms with E-state index in [-0.39, 0.29) is 11.8 Å². The monoisotopic (exact) mass is 430 g/mol. The fourth-order valence-corrected chi connectivity index (χ4v) is 3.80. The van der Waals surface area contributed by atoms with Gasteiger partial charge in [-0.2, -0.15) is 10.2 Å². The smallest absolute Gasteiger partial charge is 0.272 e. The first-order chi connectivity index (χ1) is 14.8. The number of nitrogens with one attached hydrogen (secondary N) is 4. The molecular weight excluding hydrogens is 396 g/mol. The van der Waals surface area contributed by atoms with Crippen molar-refractivity contribution in [3.8, 4) is 0 Å². The van der Waals surface area contributed by atoms with E-state index in [1.807, 2.05) is 0 Å². The summed E-state index contributed by atoms with van der Waals surface area (Å²) in [5, 5.41) is 20.2. The summed E-state index contributed by atoms with van der Waals surface area (Å²) in [5.74, 6) is 0.434. The van der Waals surface area contributed by atoms with Gasteiger partial charge in [0, 0.05) is 31.1 Å². The maximum Gasteiger partial charge on any atom is 0.272 e. The van der Waals surface area contributed by atoms with Crippen molar-refractivity contribution >= 4 is 11.8 Å². The molecule has 1 aliphatic rings. The van der Waals surface area contributed by atoms with Crippen molar-refractivity contribution in [2.75, 3.05) is 19.8 Å². The van der Waals surface area contributed by atoms with Gasteiger partial charge in [-0.15, -0.1) is 0 Å². The number of ether oxygens (including phenoxy) is 1. The molecular formula is C22H34N6O3. The molecule has 0 aliphatic carbocycles. The highest BCUT2D eigenvalue weighted by Crippen LogP contribution is 2.21. The number of hydrogen-bond acceptors (Lipinski definition) is 5. The zero-order valence-corrected chi connectivity index (χ0v) is 18.9. The predicted molar refractivity (Wildman–Crippen MR) is 117 cm³/mol. The van der Waals surface area contributed by atoms with Crippen LogP contribution in [0.15, 0.2) is 12.1 Å². The van der Waals surface area contributed by atoms with Gasteiger partial charge < -0.3 is 15.4 Å². The lowest BCUT2D eigenvalue weighted by Crippen LogP contribution is -2.58. The molecule has 0 atom stereocenters. The molecule has 3 rings (SSSR count). The Labute approximate surface area is 183 Å². The Morgan fingerprint density at radius 3 is 2.00 bits per heavy atom. The summed E-state index contributed by atoms with van der Waals surface area (Å²) in [6.07, 6.45) is 2.89. The van der Waals surface area contributed by atoms with Gasteiger partial charge in [0.2, 0.25) is 0 Å². The fourth-order valence-electron chi connectivity index (χ4n) is 3.80. The standard InChI is InChI=1S/C22H34N6O3/c1-14(2)9-16-11-18(27-25-16)20(29)23-13-22(5-7-31-8-6-22)24-21(30)19-12-17(26-28-19)10-15(3)4/h11-12,14-15H,5-10,13H2,1-4H3,(H,23,29)(H,24,30)(H,25,27)(H,26,28). The van der Waals surface area contributed by atoms with Crippen LogP contribution in [0.5, 0.6) is 0 Å². The fraction of sp³-hybridized carbons (Fsp3) is 0.636. The van der Waals surface area contributed by atoms with Gasteiger partial charge in [-0.25, -0.2) is 0 Å². The summed E-state index contributed by atoms with van der Waals surface area (Å²) in [7, 11) is 0. The lowest BCUT2D eigenvalue weighted by molar-refractivity contribution is 0.0350. The van der Waals surface area contributed by atoms with E-state index in [0.717, 1.165) is 24.2 Å². The summed E-state index contributed by atoms with van der Waals surface area (Å²) >= 11 is 0. The van der Waals surface area contributed by atoms with Crippen LogP contribution in [0.25, 0.3) is 0 Å². The van der Waals surface area contributed by atoms with Crippen molar-refractivity contribution in [2.45, 2.75) is 58.9 Å². The Hall–Kier alpha value is -2.68. The molecule has 9 heteroatoms. The third-order valence-corrected chi connectivity index (χ3v) is 5.40. The molecule has 170 valence electrons. The average Bonchev–Trinajstić information content (AvgIpc) is 3.36. The molecule has 0 bridgehead atoms. The second-order valence-corrected chi connectivity index (χ2v) is 9.28. The van der Waals surface area contributed by atoms with Crippen LogP contribution in [-0.2, 0) is 17.6 Å². The zero-order chi connectivity index (χ0) is 22.4. The molecule has 31 heavy (non-hydrogen) atoms. The molecule has 0 saturated carbocycles. The Bertz CT molecular complexity index is 879. The Balaban J connectivity index is 1.63. The van der Waals surface area contributed by atoms with Crippen LogP contribution in [0.2, 0.25) is 0 Å². The van der Waals surface area contributed by atoms with Gasteiger partial charge in [0.15, 0.2) is 0 Å². The molecule has 2 aromatic rings. The SMILES string of the molecule is CC(C)Cc1cc(C(=O)NCC2(NC(=O)c3cc(CC(C)C)[nH]n3)CCOCC2)n[nH]1. The minimum absolute atomic E-state index is 0.249. The van der Waals surface area contributed by atoms with Crippen molar-refractivity contribution in [1.29, 1.82) is 0 Å². The molecule has 1 fully saturated rings. The molecule has 9 nitrogen and oxygen atoms in total. The van der Waals surface area contributed by atoms with Gasteiger partial charge in [0.1, 0.15) is 11.4 Å². The number of rotatable bonds is 9. The van der Waals surface area contributed by atoms with Crippen molar-refractivity contribution < 1.29 is 14.3 Å². The number of amides is 2. The third-order valence-electron chi connectivity index (χ3n) is 5.40. The van der Waals surface area contributed by atoms with E-state index >= 15 is 0 Å². The van der Waals surface area contributed by atoms with Gasteiger partial charge in [-0.3, -0.25) is 19.8 Å². The summed E-state index contributed by atoms with van der Waals surface area (Å²) in [6, 6.07) is 3.57. The molecule has 2 amide bonds. The molecule has 0 spiro atoms. The number of nitrogens with zero attached hydrogens (tertiary/aromatic N) is 2. The number of H-pyrrole nitrogens is 2. The van der Waals surface area contributed by atoms with Crippen LogP contribution in [0.1, 0.15) is 72.9 Å². The number of hydrogen-bond donors (Lipinski definition) is 4. The quantitative estimate of drug-likeness (QED) is 0.486. The normalized spacial score (nSPS) is 15.9. The largest absolute Gasteiger partial charge is 0.381 e. The van der Waals surface area contributed by atoms with Crippen molar-refractivity contribution in [3.63, 3.8) is 0 Å². The molecule has 3 heterocycles. The number of aromatic amines is 2. The number of carbonyl (C=O) groups excluding carboxylic acids is 2. The third kappa shape index (κ3) is 6.40. The second-order valence-electron chi connectivity index (χ2n) is 9.28. The van der Waals surface area contributed by atoms with Crippen LogP contribution in [0, 0.1) is 11.8 Å². The average molecular weight is 431 g/mol. The van der Waals surface area contributed by atoms with E-state index in [9.17, 15) is 9.59 Å². The molecule has 0 unspecified atom stereocenters. The van der Waals surface area contributed by atoms with E-state index in [1.54, 1.807) is 12.1 Å². The number of carbonyl (C=O) groups is 2. The predicted octanol–water partition coefficient (Wildman–Crippen LogP) is 2.24. The molecule has 4 N–H and O–H groups in total. The van der Waals surface area contributed by atoms with E-state index in [4.69, 9.17) is 4.74 Å². The van der Waals surface area contributed by atoms with Gasteiger partial charge in [0.25, 0.3) is 11.8 Å². The summed E-state index contributed by atoms with van der Waals surface area (Å²) in [4.78, 5) is 25.5. The molecule has 0 radical (unpaired) electrons. The topological polar surface area (TPSA) is 125 Å².